The van der Waals surface area contributed by atoms with Gasteiger partial charge in [-0.2, -0.15) is 0 Å². The van der Waals surface area contributed by atoms with Crippen molar-refractivity contribution in [2.45, 2.75) is 26.7 Å². The van der Waals surface area contributed by atoms with Crippen molar-refractivity contribution in [2.75, 3.05) is 20.2 Å². The second-order valence-corrected chi connectivity index (χ2v) is 6.41. The number of amides is 1. The Morgan fingerprint density at radius 1 is 1.00 bits per heavy atom. The Bertz CT molecular complexity index is 727. The number of rotatable bonds is 8. The molecule has 0 spiro atoms. The van der Waals surface area contributed by atoms with Gasteiger partial charge in [0.15, 0.2) is 0 Å². The number of nitrogens with zero attached hydrogens (tertiary/aromatic N) is 1. The van der Waals surface area contributed by atoms with Crippen LogP contribution in [0.1, 0.15) is 35.3 Å². The normalized spacial score (nSPS) is 11.7. The second-order valence-electron chi connectivity index (χ2n) is 6.41. The zero-order valence-electron chi connectivity index (χ0n) is 15.8. The standard InChI is InChI=1S/C22H27NO3/c1-4-23(16-17(2)22(25)26-3)21(24)20-13-9-8-12-19(20)15-14-18-10-6-5-7-11-18/h5-13,17H,4,14-16H2,1-3H3. The number of ether oxygens (including phenoxy) is 1. The maximum absolute atomic E-state index is 13.0. The minimum Gasteiger partial charge on any atom is -0.469 e. The van der Waals surface area contributed by atoms with Crippen molar-refractivity contribution in [3.8, 4) is 0 Å². The lowest BCUT2D eigenvalue weighted by atomic mass is 9.98. The highest BCUT2D eigenvalue weighted by Gasteiger charge is 2.22. The van der Waals surface area contributed by atoms with Gasteiger partial charge in [0.2, 0.25) is 0 Å². The molecule has 2 aromatic carbocycles. The first-order valence-electron chi connectivity index (χ1n) is 9.05. The summed E-state index contributed by atoms with van der Waals surface area (Å²) in [6.45, 7) is 4.61. The van der Waals surface area contributed by atoms with Crippen LogP contribution in [0.4, 0.5) is 0 Å². The lowest BCUT2D eigenvalue weighted by Crippen LogP contribution is -2.37. The monoisotopic (exact) mass is 353 g/mol. The molecule has 0 bridgehead atoms. The molecule has 0 aromatic heterocycles. The number of aryl methyl sites for hydroxylation is 2. The first-order valence-corrected chi connectivity index (χ1v) is 9.05. The summed E-state index contributed by atoms with van der Waals surface area (Å²) in [5.74, 6) is -0.680. The summed E-state index contributed by atoms with van der Waals surface area (Å²) < 4.78 is 4.78. The fourth-order valence-corrected chi connectivity index (χ4v) is 3.00. The minimum atomic E-state index is -0.347. The van der Waals surface area contributed by atoms with Gasteiger partial charge in [-0.25, -0.2) is 0 Å². The van der Waals surface area contributed by atoms with Crippen LogP contribution in [0.25, 0.3) is 0 Å². The van der Waals surface area contributed by atoms with E-state index in [1.165, 1.54) is 12.7 Å². The van der Waals surface area contributed by atoms with E-state index in [1.807, 2.05) is 49.4 Å². The highest BCUT2D eigenvalue weighted by atomic mass is 16.5. The Labute approximate surface area is 155 Å². The molecule has 0 fully saturated rings. The lowest BCUT2D eigenvalue weighted by Gasteiger charge is -2.24. The van der Waals surface area contributed by atoms with Crippen LogP contribution in [0.5, 0.6) is 0 Å². The number of hydrogen-bond donors (Lipinski definition) is 0. The van der Waals surface area contributed by atoms with Crippen LogP contribution in [-0.4, -0.2) is 37.0 Å². The van der Waals surface area contributed by atoms with Gasteiger partial charge < -0.3 is 9.64 Å². The number of esters is 1. The quantitative estimate of drug-likeness (QED) is 0.679. The van der Waals surface area contributed by atoms with E-state index in [-0.39, 0.29) is 17.8 Å². The molecular weight excluding hydrogens is 326 g/mol. The van der Waals surface area contributed by atoms with Crippen LogP contribution in [0.3, 0.4) is 0 Å². The van der Waals surface area contributed by atoms with E-state index in [2.05, 4.69) is 12.1 Å². The smallest absolute Gasteiger partial charge is 0.310 e. The van der Waals surface area contributed by atoms with Crippen molar-refractivity contribution in [3.05, 3.63) is 71.3 Å². The minimum absolute atomic E-state index is 0.0353. The molecule has 4 heteroatoms. The average molecular weight is 353 g/mol. The fraction of sp³-hybridized carbons (Fsp3) is 0.364. The van der Waals surface area contributed by atoms with Gasteiger partial charge in [0, 0.05) is 18.7 Å². The van der Waals surface area contributed by atoms with Gasteiger partial charge in [-0.1, -0.05) is 55.5 Å². The Balaban J connectivity index is 2.13. The topological polar surface area (TPSA) is 46.6 Å². The Morgan fingerprint density at radius 2 is 1.65 bits per heavy atom. The van der Waals surface area contributed by atoms with Crippen LogP contribution in [0.15, 0.2) is 54.6 Å². The van der Waals surface area contributed by atoms with Crippen LogP contribution < -0.4 is 0 Å². The van der Waals surface area contributed by atoms with E-state index in [1.54, 1.807) is 11.8 Å². The van der Waals surface area contributed by atoms with Crippen LogP contribution in [-0.2, 0) is 22.4 Å². The van der Waals surface area contributed by atoms with Crippen molar-refractivity contribution >= 4 is 11.9 Å². The van der Waals surface area contributed by atoms with Crippen LogP contribution in [0, 0.1) is 5.92 Å². The van der Waals surface area contributed by atoms with Crippen molar-refractivity contribution in [1.82, 2.24) is 4.90 Å². The van der Waals surface area contributed by atoms with Crippen molar-refractivity contribution in [2.24, 2.45) is 5.92 Å². The van der Waals surface area contributed by atoms with E-state index in [0.717, 1.165) is 18.4 Å². The van der Waals surface area contributed by atoms with Crippen molar-refractivity contribution in [1.29, 1.82) is 0 Å². The van der Waals surface area contributed by atoms with E-state index < -0.39 is 0 Å². The maximum Gasteiger partial charge on any atom is 0.310 e. The molecule has 0 heterocycles. The van der Waals surface area contributed by atoms with E-state index in [9.17, 15) is 9.59 Å². The first kappa shape index (κ1) is 19.7. The molecule has 138 valence electrons. The summed E-state index contributed by atoms with van der Waals surface area (Å²) in [6.07, 6.45) is 1.69. The Morgan fingerprint density at radius 3 is 2.31 bits per heavy atom. The molecule has 2 rings (SSSR count). The number of hydrogen-bond acceptors (Lipinski definition) is 3. The SMILES string of the molecule is CCN(CC(C)C(=O)OC)C(=O)c1ccccc1CCc1ccccc1. The molecule has 4 nitrogen and oxygen atoms in total. The molecular formula is C22H27NO3. The number of carbonyl (C=O) groups is 2. The number of carbonyl (C=O) groups excluding carboxylic acids is 2. The van der Waals surface area contributed by atoms with Gasteiger partial charge in [0.1, 0.15) is 0 Å². The largest absolute Gasteiger partial charge is 0.469 e. The molecule has 0 saturated heterocycles. The maximum atomic E-state index is 13.0. The first-order chi connectivity index (χ1) is 12.6. The molecule has 1 atom stereocenters. The highest BCUT2D eigenvalue weighted by molar-refractivity contribution is 5.96. The molecule has 2 aromatic rings. The molecule has 26 heavy (non-hydrogen) atoms. The van der Waals surface area contributed by atoms with Crippen molar-refractivity contribution in [3.63, 3.8) is 0 Å². The van der Waals surface area contributed by atoms with Crippen molar-refractivity contribution < 1.29 is 14.3 Å². The summed E-state index contributed by atoms with van der Waals surface area (Å²) in [6, 6.07) is 18.0. The van der Waals surface area contributed by atoms with E-state index in [4.69, 9.17) is 4.74 Å². The van der Waals surface area contributed by atoms with Gasteiger partial charge in [-0.15, -0.1) is 0 Å². The third kappa shape index (κ3) is 5.19. The molecule has 1 unspecified atom stereocenters. The Kier molecular flexibility index (Phi) is 7.39. The predicted molar refractivity (Wildman–Crippen MR) is 103 cm³/mol. The van der Waals surface area contributed by atoms with Gasteiger partial charge in [0.25, 0.3) is 5.91 Å². The zero-order chi connectivity index (χ0) is 18.9. The van der Waals surface area contributed by atoms with Gasteiger partial charge in [0.05, 0.1) is 13.0 Å². The molecule has 0 aliphatic rings. The van der Waals surface area contributed by atoms with E-state index in [0.29, 0.717) is 18.7 Å². The number of benzene rings is 2. The molecule has 0 aliphatic carbocycles. The summed E-state index contributed by atoms with van der Waals surface area (Å²) in [5, 5.41) is 0. The summed E-state index contributed by atoms with van der Waals surface area (Å²) in [7, 11) is 1.37. The number of methoxy groups -OCH3 is 1. The lowest BCUT2D eigenvalue weighted by molar-refractivity contribution is -0.145. The van der Waals surface area contributed by atoms with Crippen LogP contribution in [0.2, 0.25) is 0 Å². The van der Waals surface area contributed by atoms with Gasteiger partial charge in [-0.3, -0.25) is 9.59 Å². The average Bonchev–Trinajstić information content (AvgIpc) is 2.70. The van der Waals surface area contributed by atoms with Gasteiger partial charge >= 0.3 is 5.97 Å². The molecule has 0 radical (unpaired) electrons. The summed E-state index contributed by atoms with van der Waals surface area (Å²) in [4.78, 5) is 26.4. The third-order valence-electron chi connectivity index (χ3n) is 4.54. The second kappa shape index (κ2) is 9.76. The van der Waals surface area contributed by atoms with E-state index >= 15 is 0 Å². The highest BCUT2D eigenvalue weighted by Crippen LogP contribution is 2.16. The fourth-order valence-electron chi connectivity index (χ4n) is 3.00. The zero-order valence-corrected chi connectivity index (χ0v) is 15.8. The van der Waals surface area contributed by atoms with Crippen LogP contribution >= 0.6 is 0 Å². The third-order valence-corrected chi connectivity index (χ3v) is 4.54. The molecule has 0 saturated carbocycles. The molecule has 0 N–H and O–H groups in total. The summed E-state index contributed by atoms with van der Waals surface area (Å²) in [5.41, 5.74) is 2.99. The summed E-state index contributed by atoms with van der Waals surface area (Å²) >= 11 is 0. The predicted octanol–water partition coefficient (Wildman–Crippen LogP) is 3.74. The molecule has 0 aliphatic heterocycles. The molecule has 1 amide bonds. The van der Waals surface area contributed by atoms with Gasteiger partial charge in [-0.05, 0) is 37.0 Å². The Hall–Kier alpha value is -2.62.